The summed E-state index contributed by atoms with van der Waals surface area (Å²) in [6.45, 7) is 1.77. The lowest BCUT2D eigenvalue weighted by Gasteiger charge is -2.10. The molecule has 1 heterocycles. The second kappa shape index (κ2) is 3.38. The molecule has 0 bridgehead atoms. The first-order valence-electron chi connectivity index (χ1n) is 4.49. The molecule has 1 aromatic rings. The summed E-state index contributed by atoms with van der Waals surface area (Å²) in [4.78, 5) is 11.2. The fraction of sp³-hybridized carbons (Fsp3) is 0.300. The predicted molar refractivity (Wildman–Crippen MR) is 49.9 cm³/mol. The fourth-order valence-electron chi connectivity index (χ4n) is 1.50. The Balaban J connectivity index is 2.21. The van der Waals surface area contributed by atoms with Crippen LogP contribution in [-0.2, 0) is 4.79 Å². The van der Waals surface area contributed by atoms with Gasteiger partial charge in [-0.3, -0.25) is 10.1 Å². The molecule has 3 nitrogen and oxygen atoms in total. The Hall–Kier alpha value is -1.42. The van der Waals surface area contributed by atoms with Crippen LogP contribution in [0.1, 0.15) is 18.7 Å². The van der Waals surface area contributed by atoms with E-state index in [0.29, 0.717) is 0 Å². The molecule has 2 N–H and O–H groups in total. The maximum Gasteiger partial charge on any atom is 0.238 e. The average Bonchev–Trinajstić information content (AvgIpc) is 2.47. The van der Waals surface area contributed by atoms with Gasteiger partial charge in [0, 0.05) is 0 Å². The third-order valence-corrected chi connectivity index (χ3v) is 2.28. The van der Waals surface area contributed by atoms with Gasteiger partial charge in [-0.05, 0) is 24.6 Å². The molecule has 1 aromatic carbocycles. The van der Waals surface area contributed by atoms with Crippen LogP contribution in [0, 0.1) is 5.82 Å². The van der Waals surface area contributed by atoms with E-state index in [9.17, 15) is 9.18 Å². The zero-order chi connectivity index (χ0) is 10.1. The fourth-order valence-corrected chi connectivity index (χ4v) is 1.50. The second-order valence-electron chi connectivity index (χ2n) is 3.38. The van der Waals surface area contributed by atoms with Crippen molar-refractivity contribution in [3.05, 3.63) is 35.6 Å². The molecule has 2 atom stereocenters. The Bertz CT molecular complexity index is 367. The van der Waals surface area contributed by atoms with Crippen LogP contribution in [0.5, 0.6) is 0 Å². The van der Waals surface area contributed by atoms with Crippen molar-refractivity contribution in [2.45, 2.75) is 19.1 Å². The summed E-state index contributed by atoms with van der Waals surface area (Å²) >= 11 is 0. The maximum absolute atomic E-state index is 12.9. The van der Waals surface area contributed by atoms with E-state index in [0.717, 1.165) is 5.56 Å². The van der Waals surface area contributed by atoms with Crippen molar-refractivity contribution < 1.29 is 9.18 Å². The van der Waals surface area contributed by atoms with Crippen molar-refractivity contribution in [2.75, 3.05) is 0 Å². The molecule has 2 unspecified atom stereocenters. The van der Waals surface area contributed by atoms with Gasteiger partial charge in [0.15, 0.2) is 0 Å². The van der Waals surface area contributed by atoms with Crippen molar-refractivity contribution in [2.24, 2.45) is 0 Å². The van der Waals surface area contributed by atoms with Gasteiger partial charge in [-0.15, -0.1) is 0 Å². The number of hydrogen-bond donors (Lipinski definition) is 2. The van der Waals surface area contributed by atoms with Gasteiger partial charge in [-0.1, -0.05) is 12.1 Å². The lowest BCUT2D eigenvalue weighted by molar-refractivity contribution is -0.120. The van der Waals surface area contributed by atoms with E-state index in [1.54, 1.807) is 19.1 Å². The number of amides is 1. The number of carbonyl (C=O) groups excluding carboxylic acids is 1. The number of hydrogen-bond acceptors (Lipinski definition) is 2. The number of nitrogens with one attached hydrogen (secondary N) is 2. The van der Waals surface area contributed by atoms with Crippen LogP contribution >= 0.6 is 0 Å². The highest BCUT2D eigenvalue weighted by atomic mass is 19.1. The Morgan fingerprint density at radius 3 is 2.79 bits per heavy atom. The first-order valence-corrected chi connectivity index (χ1v) is 4.49. The van der Waals surface area contributed by atoms with Gasteiger partial charge in [0.1, 0.15) is 12.0 Å². The van der Waals surface area contributed by atoms with Gasteiger partial charge in [-0.25, -0.2) is 4.39 Å². The molecule has 0 aromatic heterocycles. The SMILES string of the molecule is CC1NC(c2cccc(F)c2)NC1=O. The Morgan fingerprint density at radius 1 is 1.43 bits per heavy atom. The van der Waals surface area contributed by atoms with Gasteiger partial charge in [-0.2, -0.15) is 0 Å². The first-order chi connectivity index (χ1) is 6.66. The first kappa shape index (κ1) is 9.15. The Morgan fingerprint density at radius 2 is 2.21 bits per heavy atom. The minimum atomic E-state index is -0.293. The molecule has 14 heavy (non-hydrogen) atoms. The molecule has 0 aliphatic carbocycles. The normalized spacial score (nSPS) is 26.3. The van der Waals surface area contributed by atoms with Crippen LogP contribution in [0.2, 0.25) is 0 Å². The topological polar surface area (TPSA) is 41.1 Å². The molecule has 0 spiro atoms. The predicted octanol–water partition coefficient (Wildman–Crippen LogP) is 0.932. The standard InChI is InChI=1S/C10H11FN2O/c1-6-10(14)13-9(12-6)7-3-2-4-8(11)5-7/h2-6,9,12H,1H3,(H,13,14). The Labute approximate surface area is 81.3 Å². The number of benzene rings is 1. The van der Waals surface area contributed by atoms with E-state index in [1.807, 2.05) is 0 Å². The van der Waals surface area contributed by atoms with Crippen LogP contribution in [0.25, 0.3) is 0 Å². The van der Waals surface area contributed by atoms with E-state index in [4.69, 9.17) is 0 Å². The van der Waals surface area contributed by atoms with Crippen LogP contribution in [0.3, 0.4) is 0 Å². The largest absolute Gasteiger partial charge is 0.335 e. The third kappa shape index (κ3) is 1.61. The highest BCUT2D eigenvalue weighted by Crippen LogP contribution is 2.16. The molecule has 0 saturated carbocycles. The third-order valence-electron chi connectivity index (χ3n) is 2.28. The van der Waals surface area contributed by atoms with Crippen LogP contribution in [-0.4, -0.2) is 11.9 Å². The molecule has 1 amide bonds. The molecule has 1 fully saturated rings. The maximum atomic E-state index is 12.9. The van der Waals surface area contributed by atoms with Crippen molar-refractivity contribution >= 4 is 5.91 Å². The summed E-state index contributed by atoms with van der Waals surface area (Å²) < 4.78 is 12.9. The lowest BCUT2D eigenvalue weighted by Crippen LogP contribution is -2.24. The molecule has 1 saturated heterocycles. The summed E-state index contributed by atoms with van der Waals surface area (Å²) in [5.41, 5.74) is 0.739. The second-order valence-corrected chi connectivity index (χ2v) is 3.38. The minimum absolute atomic E-state index is 0.0562. The van der Waals surface area contributed by atoms with Gasteiger partial charge >= 0.3 is 0 Å². The quantitative estimate of drug-likeness (QED) is 0.698. The molecule has 0 radical (unpaired) electrons. The van der Waals surface area contributed by atoms with E-state index in [1.165, 1.54) is 12.1 Å². The van der Waals surface area contributed by atoms with Crippen LogP contribution in [0.4, 0.5) is 4.39 Å². The van der Waals surface area contributed by atoms with Crippen molar-refractivity contribution in [3.8, 4) is 0 Å². The number of carbonyl (C=O) groups is 1. The van der Waals surface area contributed by atoms with Gasteiger partial charge < -0.3 is 5.32 Å². The molecule has 4 heteroatoms. The summed E-state index contributed by atoms with van der Waals surface area (Å²) in [7, 11) is 0. The molecule has 74 valence electrons. The zero-order valence-corrected chi connectivity index (χ0v) is 7.75. The smallest absolute Gasteiger partial charge is 0.238 e. The lowest BCUT2D eigenvalue weighted by atomic mass is 10.2. The van der Waals surface area contributed by atoms with Crippen molar-refractivity contribution in [1.82, 2.24) is 10.6 Å². The summed E-state index contributed by atoms with van der Waals surface area (Å²) in [5.74, 6) is -0.350. The van der Waals surface area contributed by atoms with Crippen LogP contribution in [0.15, 0.2) is 24.3 Å². The highest BCUT2D eigenvalue weighted by molar-refractivity contribution is 5.83. The van der Waals surface area contributed by atoms with E-state index in [-0.39, 0.29) is 23.9 Å². The summed E-state index contributed by atoms with van der Waals surface area (Å²) in [5, 5.41) is 5.75. The van der Waals surface area contributed by atoms with Gasteiger partial charge in [0.25, 0.3) is 0 Å². The molecule has 2 rings (SSSR count). The van der Waals surface area contributed by atoms with E-state index in [2.05, 4.69) is 10.6 Å². The number of rotatable bonds is 1. The van der Waals surface area contributed by atoms with Gasteiger partial charge in [0.05, 0.1) is 6.04 Å². The highest BCUT2D eigenvalue weighted by Gasteiger charge is 2.28. The molecular formula is C10H11FN2O. The van der Waals surface area contributed by atoms with Crippen molar-refractivity contribution in [1.29, 1.82) is 0 Å². The summed E-state index contributed by atoms with van der Waals surface area (Å²) in [6.07, 6.45) is -0.270. The zero-order valence-electron chi connectivity index (χ0n) is 7.75. The van der Waals surface area contributed by atoms with Crippen LogP contribution < -0.4 is 10.6 Å². The Kier molecular flexibility index (Phi) is 2.21. The molecule has 1 aliphatic rings. The van der Waals surface area contributed by atoms with E-state index >= 15 is 0 Å². The van der Waals surface area contributed by atoms with Crippen molar-refractivity contribution in [3.63, 3.8) is 0 Å². The molecular weight excluding hydrogens is 183 g/mol. The van der Waals surface area contributed by atoms with E-state index < -0.39 is 0 Å². The minimum Gasteiger partial charge on any atom is -0.335 e. The monoisotopic (exact) mass is 194 g/mol. The number of halogens is 1. The van der Waals surface area contributed by atoms with Gasteiger partial charge in [0.2, 0.25) is 5.91 Å². The average molecular weight is 194 g/mol. The summed E-state index contributed by atoms with van der Waals surface area (Å²) in [6, 6.07) is 5.98. The molecule has 1 aliphatic heterocycles.